The Morgan fingerprint density at radius 2 is 1.73 bits per heavy atom. The van der Waals surface area contributed by atoms with E-state index in [2.05, 4.69) is 27.0 Å². The van der Waals surface area contributed by atoms with Gasteiger partial charge in [-0.25, -0.2) is 9.97 Å². The van der Waals surface area contributed by atoms with Crippen LogP contribution in [0.25, 0.3) is 11.0 Å². The normalized spacial score (nSPS) is 15.7. The molecule has 0 saturated carbocycles. The van der Waals surface area contributed by atoms with Gasteiger partial charge in [-0.2, -0.15) is 5.10 Å². The Morgan fingerprint density at radius 1 is 0.923 bits per heavy atom. The molecule has 0 aliphatic carbocycles. The molecule has 0 bridgehead atoms. The molecule has 1 aliphatic heterocycles. The van der Waals surface area contributed by atoms with Crippen molar-refractivity contribution in [2.75, 3.05) is 25.4 Å². The number of anilines is 1. The lowest BCUT2D eigenvalue weighted by Gasteiger charge is -2.26. The molecule has 3 rings (SSSR count). The second-order valence-electron chi connectivity index (χ2n) is 7.59. The Morgan fingerprint density at radius 3 is 2.54 bits per heavy atom. The molecule has 0 aromatic carbocycles. The summed E-state index contributed by atoms with van der Waals surface area (Å²) in [6.45, 7) is 6.07. The van der Waals surface area contributed by atoms with Gasteiger partial charge < -0.3 is 10.6 Å². The van der Waals surface area contributed by atoms with Crippen LogP contribution in [0.4, 0.5) is 5.82 Å². The minimum atomic E-state index is 0.505. The first-order chi connectivity index (χ1) is 12.8. The van der Waals surface area contributed by atoms with Crippen molar-refractivity contribution >= 4 is 16.9 Å². The van der Waals surface area contributed by atoms with E-state index in [1.165, 1.54) is 64.6 Å². The second kappa shape index (κ2) is 9.86. The predicted molar refractivity (Wildman–Crippen MR) is 107 cm³/mol. The number of unbranched alkanes of at least 4 members (excludes halogenated alkanes) is 4. The molecule has 26 heavy (non-hydrogen) atoms. The summed E-state index contributed by atoms with van der Waals surface area (Å²) < 4.78 is 0. The second-order valence-corrected chi connectivity index (χ2v) is 7.59. The number of nitrogens with two attached hydrogens (primary N) is 1. The molecule has 0 spiro atoms. The van der Waals surface area contributed by atoms with Crippen molar-refractivity contribution in [3.63, 3.8) is 0 Å². The number of likely N-dealkylation sites (tertiary alicyclic amines) is 1. The van der Waals surface area contributed by atoms with Crippen molar-refractivity contribution in [3.8, 4) is 0 Å². The van der Waals surface area contributed by atoms with Crippen molar-refractivity contribution in [1.29, 1.82) is 0 Å². The summed E-state index contributed by atoms with van der Waals surface area (Å²) in [5.41, 5.74) is 8.84. The molecule has 3 heterocycles. The molecule has 0 unspecified atom stereocenters. The maximum absolute atomic E-state index is 6.07. The van der Waals surface area contributed by atoms with Gasteiger partial charge in [-0.15, -0.1) is 0 Å². The number of nitrogen functional groups attached to an aromatic ring is 1. The number of hydrogen-bond acceptors (Lipinski definition) is 5. The number of aromatic nitrogens is 4. The molecule has 0 radical (unpaired) electrons. The van der Waals surface area contributed by atoms with Crippen molar-refractivity contribution in [2.45, 2.75) is 77.6 Å². The minimum absolute atomic E-state index is 0.505. The third-order valence-electron chi connectivity index (χ3n) is 5.40. The summed E-state index contributed by atoms with van der Waals surface area (Å²) >= 11 is 0. The SMILES string of the molecule is CCCCc1nc(N)c2n[nH]c(CCCCCCN3CCCCC3)c2n1. The molecule has 0 atom stereocenters. The summed E-state index contributed by atoms with van der Waals surface area (Å²) in [6, 6.07) is 0. The maximum Gasteiger partial charge on any atom is 0.155 e. The number of fused-ring (bicyclic) bond motifs is 1. The monoisotopic (exact) mass is 358 g/mol. The zero-order valence-corrected chi connectivity index (χ0v) is 16.3. The quantitative estimate of drug-likeness (QED) is 0.630. The zero-order chi connectivity index (χ0) is 18.2. The van der Waals surface area contributed by atoms with Gasteiger partial charge in [-0.3, -0.25) is 5.10 Å². The molecule has 1 aliphatic rings. The minimum Gasteiger partial charge on any atom is -0.382 e. The van der Waals surface area contributed by atoms with Gasteiger partial charge in [0.05, 0.1) is 5.69 Å². The number of H-pyrrole nitrogens is 1. The third kappa shape index (κ3) is 5.16. The van der Waals surface area contributed by atoms with Crippen LogP contribution < -0.4 is 5.73 Å². The van der Waals surface area contributed by atoms with Gasteiger partial charge in [0.25, 0.3) is 0 Å². The van der Waals surface area contributed by atoms with E-state index in [1.54, 1.807) is 0 Å². The van der Waals surface area contributed by atoms with E-state index in [-0.39, 0.29) is 0 Å². The lowest BCUT2D eigenvalue weighted by atomic mass is 10.1. The van der Waals surface area contributed by atoms with E-state index in [9.17, 15) is 0 Å². The zero-order valence-electron chi connectivity index (χ0n) is 16.3. The first-order valence-electron chi connectivity index (χ1n) is 10.5. The van der Waals surface area contributed by atoms with Crippen molar-refractivity contribution in [1.82, 2.24) is 25.1 Å². The fourth-order valence-electron chi connectivity index (χ4n) is 3.81. The van der Waals surface area contributed by atoms with Gasteiger partial charge in [0.1, 0.15) is 11.3 Å². The average Bonchev–Trinajstić information content (AvgIpc) is 3.07. The highest BCUT2D eigenvalue weighted by Crippen LogP contribution is 2.21. The van der Waals surface area contributed by atoms with Crippen LogP contribution in [0.15, 0.2) is 0 Å². The van der Waals surface area contributed by atoms with Gasteiger partial charge in [-0.1, -0.05) is 32.6 Å². The summed E-state index contributed by atoms with van der Waals surface area (Å²) in [6.07, 6.45) is 13.4. The van der Waals surface area contributed by atoms with Crippen LogP contribution in [0.2, 0.25) is 0 Å². The molecule has 2 aromatic rings. The fraction of sp³-hybridized carbons (Fsp3) is 0.750. The van der Waals surface area contributed by atoms with E-state index in [0.717, 1.165) is 48.2 Å². The molecule has 6 nitrogen and oxygen atoms in total. The van der Waals surface area contributed by atoms with Crippen LogP contribution in [-0.4, -0.2) is 44.7 Å². The van der Waals surface area contributed by atoms with Crippen LogP contribution >= 0.6 is 0 Å². The van der Waals surface area contributed by atoms with E-state index < -0.39 is 0 Å². The van der Waals surface area contributed by atoms with Gasteiger partial charge in [0.2, 0.25) is 0 Å². The Kier molecular flexibility index (Phi) is 7.23. The highest BCUT2D eigenvalue weighted by molar-refractivity contribution is 5.85. The number of nitrogens with one attached hydrogen (secondary N) is 1. The molecule has 3 N–H and O–H groups in total. The smallest absolute Gasteiger partial charge is 0.155 e. The summed E-state index contributed by atoms with van der Waals surface area (Å²) in [7, 11) is 0. The number of rotatable bonds is 10. The Balaban J connectivity index is 1.45. The van der Waals surface area contributed by atoms with Gasteiger partial charge in [0, 0.05) is 6.42 Å². The van der Waals surface area contributed by atoms with E-state index in [1.807, 2.05) is 0 Å². The number of nitrogens with zero attached hydrogens (tertiary/aromatic N) is 4. The maximum atomic E-state index is 6.07. The first-order valence-corrected chi connectivity index (χ1v) is 10.5. The Hall–Kier alpha value is -1.69. The number of aryl methyl sites for hydroxylation is 2. The van der Waals surface area contributed by atoms with Crippen LogP contribution in [0.1, 0.15) is 76.2 Å². The molecule has 0 amide bonds. The van der Waals surface area contributed by atoms with Crippen molar-refractivity contribution in [2.24, 2.45) is 0 Å². The van der Waals surface area contributed by atoms with Crippen molar-refractivity contribution < 1.29 is 0 Å². The van der Waals surface area contributed by atoms with Crippen molar-refractivity contribution in [3.05, 3.63) is 11.5 Å². The molecule has 6 heteroatoms. The number of hydrogen-bond donors (Lipinski definition) is 2. The summed E-state index contributed by atoms with van der Waals surface area (Å²) in [4.78, 5) is 11.7. The van der Waals surface area contributed by atoms with E-state index >= 15 is 0 Å². The van der Waals surface area contributed by atoms with Gasteiger partial charge in [0.15, 0.2) is 11.3 Å². The highest BCUT2D eigenvalue weighted by atomic mass is 15.2. The molecule has 1 fully saturated rings. The summed E-state index contributed by atoms with van der Waals surface area (Å²) in [5.74, 6) is 1.35. The largest absolute Gasteiger partial charge is 0.382 e. The number of piperidine rings is 1. The van der Waals surface area contributed by atoms with Crippen LogP contribution in [-0.2, 0) is 12.8 Å². The lowest BCUT2D eigenvalue weighted by molar-refractivity contribution is 0.224. The molecular formula is C20H34N6. The third-order valence-corrected chi connectivity index (χ3v) is 5.40. The lowest BCUT2D eigenvalue weighted by Crippen LogP contribution is -2.30. The summed E-state index contributed by atoms with van der Waals surface area (Å²) in [5, 5.41) is 7.47. The van der Waals surface area contributed by atoms with Crippen LogP contribution in [0, 0.1) is 0 Å². The van der Waals surface area contributed by atoms with E-state index in [4.69, 9.17) is 10.7 Å². The van der Waals surface area contributed by atoms with Gasteiger partial charge in [-0.05, 0) is 58.2 Å². The van der Waals surface area contributed by atoms with E-state index in [0.29, 0.717) is 5.82 Å². The Bertz CT molecular complexity index is 674. The standard InChI is InChI=1S/C20H34N6/c1-2-3-12-17-22-18-16(24-25-19(18)20(21)23-17)11-7-4-5-8-13-26-14-9-6-10-15-26/h2-15H2,1H3,(H,24,25)(H2,21,22,23). The molecular weight excluding hydrogens is 324 g/mol. The molecule has 144 valence electrons. The van der Waals surface area contributed by atoms with Gasteiger partial charge >= 0.3 is 0 Å². The molecule has 2 aromatic heterocycles. The predicted octanol–water partition coefficient (Wildman–Crippen LogP) is 3.87. The van der Waals surface area contributed by atoms with Crippen LogP contribution in [0.5, 0.6) is 0 Å². The average molecular weight is 359 g/mol. The van der Waals surface area contributed by atoms with Crippen LogP contribution in [0.3, 0.4) is 0 Å². The Labute approximate surface area is 157 Å². The molecule has 1 saturated heterocycles. The first kappa shape index (κ1) is 19.1. The fourth-order valence-corrected chi connectivity index (χ4v) is 3.81. The number of aromatic amines is 1. The topological polar surface area (TPSA) is 83.7 Å². The highest BCUT2D eigenvalue weighted by Gasteiger charge is 2.13.